The fourth-order valence-electron chi connectivity index (χ4n) is 3.81. The van der Waals surface area contributed by atoms with Crippen LogP contribution < -0.4 is 5.32 Å². The molecule has 0 bridgehead atoms. The summed E-state index contributed by atoms with van der Waals surface area (Å²) in [5, 5.41) is 3.48. The summed E-state index contributed by atoms with van der Waals surface area (Å²) in [7, 11) is 0. The van der Waals surface area contributed by atoms with Gasteiger partial charge in [0.2, 0.25) is 5.91 Å². The van der Waals surface area contributed by atoms with Crippen LogP contribution in [0.1, 0.15) is 66.2 Å². The second-order valence-electron chi connectivity index (χ2n) is 7.05. The van der Waals surface area contributed by atoms with Crippen molar-refractivity contribution in [3.8, 4) is 0 Å². The first-order valence-electron chi connectivity index (χ1n) is 8.04. The van der Waals surface area contributed by atoms with Crippen molar-refractivity contribution in [3.63, 3.8) is 0 Å². The van der Waals surface area contributed by atoms with Crippen molar-refractivity contribution in [1.29, 1.82) is 0 Å². The van der Waals surface area contributed by atoms with E-state index in [0.717, 1.165) is 13.0 Å². The second-order valence-corrected chi connectivity index (χ2v) is 7.05. The lowest BCUT2D eigenvalue weighted by Crippen LogP contribution is -2.42. The highest BCUT2D eigenvalue weighted by Gasteiger charge is 2.42. The Balaban J connectivity index is 2.02. The summed E-state index contributed by atoms with van der Waals surface area (Å²) in [6.07, 6.45) is 7.65. The van der Waals surface area contributed by atoms with Gasteiger partial charge in [-0.15, -0.1) is 0 Å². The van der Waals surface area contributed by atoms with E-state index < -0.39 is 0 Å². The maximum absolute atomic E-state index is 12.6. The van der Waals surface area contributed by atoms with Gasteiger partial charge < -0.3 is 4.90 Å². The van der Waals surface area contributed by atoms with Crippen molar-refractivity contribution in [1.82, 2.24) is 10.2 Å². The summed E-state index contributed by atoms with van der Waals surface area (Å²) in [6, 6.07) is 0.0466. The van der Waals surface area contributed by atoms with Crippen LogP contribution in [-0.2, 0) is 4.79 Å². The van der Waals surface area contributed by atoms with Crippen molar-refractivity contribution < 1.29 is 4.79 Å². The van der Waals surface area contributed by atoms with Gasteiger partial charge in [-0.2, -0.15) is 0 Å². The van der Waals surface area contributed by atoms with E-state index >= 15 is 0 Å². The normalized spacial score (nSPS) is 30.6. The topological polar surface area (TPSA) is 32.3 Å². The minimum atomic E-state index is 0.0466. The first-order valence-corrected chi connectivity index (χ1v) is 8.04. The van der Waals surface area contributed by atoms with E-state index in [-0.39, 0.29) is 12.2 Å². The Labute approximate surface area is 118 Å². The molecule has 2 aliphatic rings. The Kier molecular flexibility index (Phi) is 4.54. The Morgan fingerprint density at radius 1 is 1.37 bits per heavy atom. The highest BCUT2D eigenvalue weighted by Crippen LogP contribution is 2.42. The number of amides is 1. The molecule has 2 fully saturated rings. The van der Waals surface area contributed by atoms with E-state index in [2.05, 4.69) is 37.9 Å². The van der Waals surface area contributed by atoms with Crippen molar-refractivity contribution in [2.75, 3.05) is 6.54 Å². The van der Waals surface area contributed by atoms with Crippen molar-refractivity contribution in [2.45, 2.75) is 78.4 Å². The molecule has 0 spiro atoms. The van der Waals surface area contributed by atoms with Crippen LogP contribution in [-0.4, -0.2) is 29.6 Å². The third kappa shape index (κ3) is 3.13. The number of carbonyl (C=O) groups excluding carboxylic acids is 1. The fraction of sp³-hybridized carbons (Fsp3) is 0.938. The van der Waals surface area contributed by atoms with Gasteiger partial charge in [0, 0.05) is 6.54 Å². The van der Waals surface area contributed by atoms with E-state index in [9.17, 15) is 4.79 Å². The van der Waals surface area contributed by atoms with Gasteiger partial charge in [-0.1, -0.05) is 33.6 Å². The maximum atomic E-state index is 12.6. The van der Waals surface area contributed by atoms with E-state index in [1.165, 1.54) is 32.1 Å². The molecule has 1 saturated heterocycles. The molecule has 3 heteroatoms. The zero-order valence-electron chi connectivity index (χ0n) is 13.0. The largest absolute Gasteiger partial charge is 0.326 e. The molecule has 1 saturated carbocycles. The van der Waals surface area contributed by atoms with Crippen LogP contribution in [0.5, 0.6) is 0 Å². The number of nitrogens with one attached hydrogen (secondary N) is 1. The Morgan fingerprint density at radius 2 is 2.00 bits per heavy atom. The predicted molar refractivity (Wildman–Crippen MR) is 78.7 cm³/mol. The first kappa shape index (κ1) is 14.8. The lowest BCUT2D eigenvalue weighted by atomic mass is 9.82. The number of hydrogen-bond acceptors (Lipinski definition) is 2. The van der Waals surface area contributed by atoms with Gasteiger partial charge in [0.25, 0.3) is 0 Å². The van der Waals surface area contributed by atoms with Crippen LogP contribution in [0.15, 0.2) is 0 Å². The number of nitrogens with zero attached hydrogens (tertiary/aromatic N) is 1. The van der Waals surface area contributed by atoms with Gasteiger partial charge in [0.15, 0.2) is 0 Å². The van der Waals surface area contributed by atoms with Gasteiger partial charge in [0.05, 0.1) is 12.2 Å². The summed E-state index contributed by atoms with van der Waals surface area (Å²) < 4.78 is 0. The molecule has 0 aromatic rings. The van der Waals surface area contributed by atoms with Crippen LogP contribution in [0.4, 0.5) is 0 Å². The average Bonchev–Trinajstić information content (AvgIpc) is 2.91. The number of hydrogen-bond donors (Lipinski definition) is 1. The third-order valence-electron chi connectivity index (χ3n) is 5.12. The molecule has 1 aliphatic carbocycles. The molecule has 0 radical (unpaired) electrons. The number of carbonyl (C=O) groups is 1. The van der Waals surface area contributed by atoms with E-state index in [1.807, 2.05) is 0 Å². The highest BCUT2D eigenvalue weighted by molar-refractivity contribution is 5.84. The lowest BCUT2D eigenvalue weighted by Gasteiger charge is -2.34. The molecule has 0 aromatic carbocycles. The molecule has 19 heavy (non-hydrogen) atoms. The van der Waals surface area contributed by atoms with Crippen molar-refractivity contribution in [2.24, 2.45) is 11.3 Å². The standard InChI is InChI=1S/C16H30N2O/c1-5-16(8-6-7-9-16)11-18-13(4)17-14(15(18)19)10-12(2)3/h12-14,17H,5-11H2,1-4H3. The van der Waals surface area contributed by atoms with Gasteiger partial charge in [-0.25, -0.2) is 0 Å². The summed E-state index contributed by atoms with van der Waals surface area (Å²) in [4.78, 5) is 14.7. The highest BCUT2D eigenvalue weighted by atomic mass is 16.2. The zero-order chi connectivity index (χ0) is 14.0. The van der Waals surface area contributed by atoms with Crippen molar-refractivity contribution >= 4 is 5.91 Å². The molecule has 110 valence electrons. The second kappa shape index (κ2) is 5.82. The monoisotopic (exact) mass is 266 g/mol. The Morgan fingerprint density at radius 3 is 2.53 bits per heavy atom. The quantitative estimate of drug-likeness (QED) is 0.829. The fourth-order valence-corrected chi connectivity index (χ4v) is 3.81. The molecular formula is C16H30N2O. The summed E-state index contributed by atoms with van der Waals surface area (Å²) in [5.74, 6) is 0.904. The van der Waals surface area contributed by atoms with Gasteiger partial charge in [0.1, 0.15) is 0 Å². The zero-order valence-corrected chi connectivity index (χ0v) is 13.0. The Hall–Kier alpha value is -0.570. The van der Waals surface area contributed by atoms with Gasteiger partial charge in [-0.3, -0.25) is 10.1 Å². The van der Waals surface area contributed by atoms with Gasteiger partial charge in [-0.05, 0) is 43.9 Å². The molecule has 2 atom stereocenters. The third-order valence-corrected chi connectivity index (χ3v) is 5.12. The lowest BCUT2D eigenvalue weighted by molar-refractivity contribution is -0.131. The van der Waals surface area contributed by atoms with Crippen LogP contribution >= 0.6 is 0 Å². The summed E-state index contributed by atoms with van der Waals surface area (Å²) in [6.45, 7) is 9.76. The van der Waals surface area contributed by atoms with E-state index in [4.69, 9.17) is 0 Å². The molecule has 2 unspecified atom stereocenters. The van der Waals surface area contributed by atoms with Crippen LogP contribution in [0.2, 0.25) is 0 Å². The molecule has 3 nitrogen and oxygen atoms in total. The Bertz CT molecular complexity index is 321. The first-order chi connectivity index (χ1) is 8.97. The molecule has 1 aliphatic heterocycles. The van der Waals surface area contributed by atoms with Gasteiger partial charge >= 0.3 is 0 Å². The van der Waals surface area contributed by atoms with Crippen LogP contribution in [0, 0.1) is 11.3 Å². The average molecular weight is 266 g/mol. The smallest absolute Gasteiger partial charge is 0.241 e. The minimum absolute atomic E-state index is 0.0466. The molecule has 1 N–H and O–H groups in total. The van der Waals surface area contributed by atoms with Crippen LogP contribution in [0.25, 0.3) is 0 Å². The SMILES string of the molecule is CCC1(CN2C(=O)C(CC(C)C)NC2C)CCCC1. The van der Waals surface area contributed by atoms with E-state index in [0.29, 0.717) is 17.2 Å². The summed E-state index contributed by atoms with van der Waals surface area (Å²) in [5.41, 5.74) is 0.401. The minimum Gasteiger partial charge on any atom is -0.326 e. The molecular weight excluding hydrogens is 236 g/mol. The summed E-state index contributed by atoms with van der Waals surface area (Å²) >= 11 is 0. The van der Waals surface area contributed by atoms with Crippen LogP contribution in [0.3, 0.4) is 0 Å². The van der Waals surface area contributed by atoms with E-state index in [1.54, 1.807) is 0 Å². The maximum Gasteiger partial charge on any atom is 0.241 e. The molecule has 0 aromatic heterocycles. The molecule has 1 heterocycles. The molecule has 2 rings (SSSR count). The van der Waals surface area contributed by atoms with Crippen molar-refractivity contribution in [3.05, 3.63) is 0 Å². The molecule has 1 amide bonds. The predicted octanol–water partition coefficient (Wildman–Crippen LogP) is 3.15. The number of rotatable bonds is 5.